The summed E-state index contributed by atoms with van der Waals surface area (Å²) in [6.07, 6.45) is 21.0. The lowest BCUT2D eigenvalue weighted by atomic mass is 10.0. The Kier molecular flexibility index (Phi) is 14.6. The zero-order valence-corrected chi connectivity index (χ0v) is 32.2. The molecule has 1 fully saturated rings. The van der Waals surface area contributed by atoms with Crippen LogP contribution in [0.15, 0.2) is 60.7 Å². The standard InChI is InChI=1S/C44H61N7O2/c1-3-4-5-6-7-8-9-10-11-12-13-14-15-16-17-18-27-45-44(52)53-37-23-19-34(20-24-37)42-46-38-25-21-35(32-40(38)48-42)43-47-39-26-22-36(33-41(39)49-43)51-30-28-50(2)29-31-51/h19-26,32-33H,3-18,27-31H2,1-2H3,(H,45,52)(H,46,48)(H,47,49). The molecule has 0 bridgehead atoms. The van der Waals surface area contributed by atoms with Crippen molar-refractivity contribution in [1.29, 1.82) is 0 Å². The number of aromatic amines is 2. The van der Waals surface area contributed by atoms with Gasteiger partial charge in [0.25, 0.3) is 0 Å². The van der Waals surface area contributed by atoms with E-state index in [2.05, 4.69) is 69.4 Å². The summed E-state index contributed by atoms with van der Waals surface area (Å²) in [5, 5.41) is 2.90. The Labute approximate surface area is 316 Å². The van der Waals surface area contributed by atoms with E-state index < -0.39 is 6.09 Å². The van der Waals surface area contributed by atoms with Crippen LogP contribution in [0.25, 0.3) is 44.8 Å². The minimum Gasteiger partial charge on any atom is -0.410 e. The van der Waals surface area contributed by atoms with Crippen LogP contribution >= 0.6 is 0 Å². The maximum absolute atomic E-state index is 12.4. The number of aromatic nitrogens is 4. The number of nitrogens with one attached hydrogen (secondary N) is 3. The molecule has 0 saturated carbocycles. The van der Waals surface area contributed by atoms with Gasteiger partial charge in [0.15, 0.2) is 0 Å². The first-order valence-electron chi connectivity index (χ1n) is 20.6. The molecule has 9 nitrogen and oxygen atoms in total. The van der Waals surface area contributed by atoms with Crippen LogP contribution in [0.5, 0.6) is 5.75 Å². The van der Waals surface area contributed by atoms with Crippen LogP contribution in [-0.2, 0) is 0 Å². The number of carbonyl (C=O) groups excluding carboxylic acids is 1. The van der Waals surface area contributed by atoms with Gasteiger partial charge in [0, 0.05) is 49.5 Å². The molecule has 284 valence electrons. The molecular formula is C44H61N7O2. The Bertz CT molecular complexity index is 1840. The van der Waals surface area contributed by atoms with E-state index in [4.69, 9.17) is 14.7 Å². The van der Waals surface area contributed by atoms with Crippen molar-refractivity contribution in [3.05, 3.63) is 60.7 Å². The fraction of sp³-hybridized carbons (Fsp3) is 0.523. The van der Waals surface area contributed by atoms with Gasteiger partial charge in [-0.05, 0) is 74.1 Å². The fourth-order valence-corrected chi connectivity index (χ4v) is 7.38. The lowest BCUT2D eigenvalue weighted by Crippen LogP contribution is -2.44. The molecule has 1 aliphatic heterocycles. The van der Waals surface area contributed by atoms with Crippen LogP contribution in [0.3, 0.4) is 0 Å². The normalized spacial score (nSPS) is 13.7. The number of unbranched alkanes of at least 4 members (excludes halogenated alkanes) is 15. The minimum absolute atomic E-state index is 0.406. The number of carbonyl (C=O) groups is 1. The number of amides is 1. The van der Waals surface area contributed by atoms with Gasteiger partial charge >= 0.3 is 6.09 Å². The van der Waals surface area contributed by atoms with Crippen molar-refractivity contribution in [2.75, 3.05) is 44.7 Å². The Balaban J connectivity index is 0.878. The van der Waals surface area contributed by atoms with Crippen molar-refractivity contribution in [1.82, 2.24) is 30.2 Å². The molecule has 6 rings (SSSR count). The molecule has 1 saturated heterocycles. The smallest absolute Gasteiger partial charge is 0.410 e. The van der Waals surface area contributed by atoms with Crippen molar-refractivity contribution >= 4 is 33.8 Å². The van der Waals surface area contributed by atoms with Gasteiger partial charge in [-0.3, -0.25) is 0 Å². The second-order valence-corrected chi connectivity index (χ2v) is 15.0. The number of hydrogen-bond acceptors (Lipinski definition) is 6. The summed E-state index contributed by atoms with van der Waals surface area (Å²) in [4.78, 5) is 33.9. The molecule has 0 spiro atoms. The number of nitrogens with zero attached hydrogens (tertiary/aromatic N) is 4. The highest BCUT2D eigenvalue weighted by molar-refractivity contribution is 5.87. The molecule has 3 aromatic carbocycles. The van der Waals surface area contributed by atoms with Gasteiger partial charge in [-0.25, -0.2) is 14.8 Å². The number of rotatable bonds is 21. The van der Waals surface area contributed by atoms with Crippen molar-refractivity contribution in [2.24, 2.45) is 0 Å². The maximum atomic E-state index is 12.4. The molecule has 0 aliphatic carbocycles. The van der Waals surface area contributed by atoms with Crippen LogP contribution in [0, 0.1) is 0 Å². The highest BCUT2D eigenvalue weighted by atomic mass is 16.6. The first kappa shape index (κ1) is 38.4. The van der Waals surface area contributed by atoms with E-state index in [0.29, 0.717) is 12.3 Å². The molecule has 9 heteroatoms. The van der Waals surface area contributed by atoms with Gasteiger partial charge in [-0.2, -0.15) is 0 Å². The SMILES string of the molecule is CCCCCCCCCCCCCCCCCCNC(=O)Oc1ccc(-c2nc3ccc(-c4nc5ccc(N6CCN(C)CC6)cc5[nH]4)cc3[nH]2)cc1. The minimum atomic E-state index is -0.406. The Morgan fingerprint density at radius 1 is 0.642 bits per heavy atom. The van der Waals surface area contributed by atoms with E-state index in [1.165, 1.54) is 95.6 Å². The third-order valence-electron chi connectivity index (χ3n) is 10.7. The topological polar surface area (TPSA) is 102 Å². The van der Waals surface area contributed by atoms with Gasteiger partial charge in [-0.1, -0.05) is 103 Å². The summed E-state index contributed by atoms with van der Waals surface area (Å²) < 4.78 is 5.53. The molecular weight excluding hydrogens is 659 g/mol. The second kappa shape index (κ2) is 20.2. The van der Waals surface area contributed by atoms with Crippen LogP contribution in [-0.4, -0.2) is 70.7 Å². The molecule has 3 N–H and O–H groups in total. The number of piperazine rings is 1. The number of H-pyrrole nitrogens is 2. The number of fused-ring (bicyclic) bond motifs is 2. The third-order valence-corrected chi connectivity index (χ3v) is 10.7. The molecule has 5 aromatic rings. The molecule has 0 radical (unpaired) electrons. The van der Waals surface area contributed by atoms with Crippen molar-refractivity contribution in [2.45, 2.75) is 110 Å². The molecule has 1 amide bonds. The van der Waals surface area contributed by atoms with Crippen molar-refractivity contribution < 1.29 is 9.53 Å². The van der Waals surface area contributed by atoms with E-state index in [9.17, 15) is 4.79 Å². The van der Waals surface area contributed by atoms with Crippen molar-refractivity contribution in [3.8, 4) is 28.5 Å². The predicted octanol–water partition coefficient (Wildman–Crippen LogP) is 10.9. The number of hydrogen-bond donors (Lipinski definition) is 3. The van der Waals surface area contributed by atoms with Gasteiger partial charge in [-0.15, -0.1) is 0 Å². The number of ether oxygens (including phenoxy) is 1. The number of imidazole rings is 2. The van der Waals surface area contributed by atoms with Gasteiger partial charge in [0.1, 0.15) is 17.4 Å². The molecule has 1 aliphatic rings. The summed E-state index contributed by atoms with van der Waals surface area (Å²) >= 11 is 0. The van der Waals surface area contributed by atoms with E-state index >= 15 is 0 Å². The summed E-state index contributed by atoms with van der Waals surface area (Å²) in [6, 6.07) is 20.1. The van der Waals surface area contributed by atoms with Crippen LogP contribution in [0.2, 0.25) is 0 Å². The Morgan fingerprint density at radius 2 is 1.15 bits per heavy atom. The first-order chi connectivity index (χ1) is 26.1. The third kappa shape index (κ3) is 11.6. The molecule has 2 aromatic heterocycles. The second-order valence-electron chi connectivity index (χ2n) is 15.0. The summed E-state index contributed by atoms with van der Waals surface area (Å²) in [7, 11) is 2.18. The maximum Gasteiger partial charge on any atom is 0.412 e. The summed E-state index contributed by atoms with van der Waals surface area (Å²) in [5.74, 6) is 2.11. The van der Waals surface area contributed by atoms with Crippen LogP contribution < -0.4 is 15.0 Å². The van der Waals surface area contributed by atoms with E-state index in [1.54, 1.807) is 0 Å². The number of likely N-dealkylation sites (N-methyl/N-ethyl adjacent to an activating group) is 1. The molecule has 53 heavy (non-hydrogen) atoms. The lowest BCUT2D eigenvalue weighted by Gasteiger charge is -2.34. The van der Waals surface area contributed by atoms with E-state index in [-0.39, 0.29) is 0 Å². The molecule has 0 atom stereocenters. The van der Waals surface area contributed by atoms with Crippen molar-refractivity contribution in [3.63, 3.8) is 0 Å². The first-order valence-corrected chi connectivity index (χ1v) is 20.6. The van der Waals surface area contributed by atoms with Crippen LogP contribution in [0.1, 0.15) is 110 Å². The number of benzene rings is 3. The summed E-state index contributed by atoms with van der Waals surface area (Å²) in [6.45, 7) is 7.14. The van der Waals surface area contributed by atoms with Crippen LogP contribution in [0.4, 0.5) is 10.5 Å². The van der Waals surface area contributed by atoms with Gasteiger partial charge < -0.3 is 29.8 Å². The lowest BCUT2D eigenvalue weighted by molar-refractivity contribution is 0.200. The highest BCUT2D eigenvalue weighted by Gasteiger charge is 2.16. The predicted molar refractivity (Wildman–Crippen MR) is 220 cm³/mol. The van der Waals surface area contributed by atoms with E-state index in [1.807, 2.05) is 30.3 Å². The van der Waals surface area contributed by atoms with E-state index in [0.717, 1.165) is 83.9 Å². The molecule has 3 heterocycles. The Hall–Kier alpha value is -4.37. The zero-order valence-electron chi connectivity index (χ0n) is 32.2. The fourth-order valence-electron chi connectivity index (χ4n) is 7.38. The van der Waals surface area contributed by atoms with Gasteiger partial charge in [0.05, 0.1) is 22.1 Å². The number of anilines is 1. The monoisotopic (exact) mass is 719 g/mol. The zero-order chi connectivity index (χ0) is 36.7. The average Bonchev–Trinajstić information content (AvgIpc) is 3.81. The summed E-state index contributed by atoms with van der Waals surface area (Å²) in [5.41, 5.74) is 6.97. The largest absolute Gasteiger partial charge is 0.412 e. The molecule has 0 unspecified atom stereocenters. The average molecular weight is 720 g/mol. The van der Waals surface area contributed by atoms with Gasteiger partial charge in [0.2, 0.25) is 0 Å². The quantitative estimate of drug-likeness (QED) is 0.0653. The highest BCUT2D eigenvalue weighted by Crippen LogP contribution is 2.29. The Morgan fingerprint density at radius 3 is 1.75 bits per heavy atom.